The van der Waals surface area contributed by atoms with E-state index in [0.29, 0.717) is 11.1 Å². The maximum absolute atomic E-state index is 12.7. The first kappa shape index (κ1) is 18.2. The van der Waals surface area contributed by atoms with Crippen molar-refractivity contribution in [2.45, 2.75) is 13.5 Å². The molecule has 0 fully saturated rings. The fourth-order valence-corrected chi connectivity index (χ4v) is 2.93. The lowest BCUT2D eigenvalue weighted by Crippen LogP contribution is -2.24. The lowest BCUT2D eigenvalue weighted by molar-refractivity contribution is 0.101. The largest absolute Gasteiger partial charge is 0.507 e. The number of allylic oxidation sites excluding steroid dienone is 1. The average molecular weight is 359 g/mol. The van der Waals surface area contributed by atoms with Crippen molar-refractivity contribution in [2.75, 3.05) is 13.1 Å². The number of carbonyl (C=O) groups excluding carboxylic acids is 1. The van der Waals surface area contributed by atoms with Crippen molar-refractivity contribution >= 4 is 11.9 Å². The van der Waals surface area contributed by atoms with E-state index in [1.165, 1.54) is 12.1 Å². The van der Waals surface area contributed by atoms with Gasteiger partial charge >= 0.3 is 0 Å². The number of phenolic OH excluding ortho intramolecular Hbond substituents is 1. The highest BCUT2D eigenvalue weighted by atomic mass is 16.5. The molecular formula is C21H17N3O3. The van der Waals surface area contributed by atoms with E-state index in [-0.39, 0.29) is 42.7 Å². The summed E-state index contributed by atoms with van der Waals surface area (Å²) in [7, 11) is 0. The van der Waals surface area contributed by atoms with Gasteiger partial charge in [0.05, 0.1) is 36.4 Å². The van der Waals surface area contributed by atoms with Gasteiger partial charge in [0.1, 0.15) is 11.5 Å². The summed E-state index contributed by atoms with van der Waals surface area (Å²) >= 11 is 0. The van der Waals surface area contributed by atoms with Gasteiger partial charge in [0.2, 0.25) is 5.78 Å². The van der Waals surface area contributed by atoms with E-state index in [9.17, 15) is 9.90 Å². The highest BCUT2D eigenvalue weighted by molar-refractivity contribution is 6.15. The van der Waals surface area contributed by atoms with Gasteiger partial charge in [-0.2, -0.15) is 10.5 Å². The van der Waals surface area contributed by atoms with Crippen LogP contribution in [0.25, 0.3) is 6.08 Å². The number of nitriles is 2. The Hall–Kier alpha value is -3.61. The molecule has 2 aromatic rings. The molecule has 0 atom stereocenters. The van der Waals surface area contributed by atoms with Gasteiger partial charge in [-0.15, -0.1) is 0 Å². The molecule has 0 amide bonds. The summed E-state index contributed by atoms with van der Waals surface area (Å²) < 4.78 is 5.81. The standard InChI is InChI=1S/C21H17N3O3/c1-14-4-2-3-5-15(14)12-19-20(26)16-6-7-18(25)17(21(16)27-19)13-24(10-8-22)11-9-23/h2-7,12,25H,10-11,13H2,1H3. The SMILES string of the molecule is Cc1ccccc1C=C1Oc2c(ccc(O)c2CN(CC#N)CC#N)C1=O. The molecule has 0 saturated heterocycles. The van der Waals surface area contributed by atoms with Crippen molar-refractivity contribution in [1.82, 2.24) is 4.90 Å². The lowest BCUT2D eigenvalue weighted by atomic mass is 10.0. The Balaban J connectivity index is 1.98. The number of fused-ring (bicyclic) bond motifs is 1. The minimum absolute atomic E-state index is 0.0243. The Morgan fingerprint density at radius 1 is 1.15 bits per heavy atom. The van der Waals surface area contributed by atoms with E-state index in [2.05, 4.69) is 0 Å². The second-order valence-electron chi connectivity index (χ2n) is 6.20. The molecule has 6 heteroatoms. The minimum atomic E-state index is -0.262. The summed E-state index contributed by atoms with van der Waals surface area (Å²) in [6.45, 7) is 2.12. The number of phenols is 1. The van der Waals surface area contributed by atoms with E-state index in [1.54, 1.807) is 11.0 Å². The van der Waals surface area contributed by atoms with Gasteiger partial charge < -0.3 is 9.84 Å². The molecule has 0 radical (unpaired) electrons. The Bertz CT molecular complexity index is 996. The van der Waals surface area contributed by atoms with Crippen LogP contribution in [0.1, 0.15) is 27.0 Å². The third-order valence-electron chi connectivity index (χ3n) is 4.36. The van der Waals surface area contributed by atoms with Crippen molar-refractivity contribution in [3.05, 3.63) is 64.4 Å². The van der Waals surface area contributed by atoms with Crippen LogP contribution >= 0.6 is 0 Å². The van der Waals surface area contributed by atoms with Crippen molar-refractivity contribution in [3.8, 4) is 23.6 Å². The van der Waals surface area contributed by atoms with Crippen molar-refractivity contribution in [2.24, 2.45) is 0 Å². The first-order valence-electron chi connectivity index (χ1n) is 8.36. The average Bonchev–Trinajstić information content (AvgIpc) is 2.96. The Kier molecular flexibility index (Phi) is 5.21. The minimum Gasteiger partial charge on any atom is -0.507 e. The zero-order valence-corrected chi connectivity index (χ0v) is 14.8. The summed E-state index contributed by atoms with van der Waals surface area (Å²) in [5.41, 5.74) is 2.63. The van der Waals surface area contributed by atoms with Gasteiger partial charge in [0.15, 0.2) is 5.76 Å². The normalized spacial score (nSPS) is 13.9. The number of rotatable bonds is 5. The molecule has 27 heavy (non-hydrogen) atoms. The number of hydrogen-bond donors (Lipinski definition) is 1. The summed E-state index contributed by atoms with van der Waals surface area (Å²) in [6.07, 6.45) is 1.68. The van der Waals surface area contributed by atoms with E-state index < -0.39 is 0 Å². The maximum Gasteiger partial charge on any atom is 0.231 e. The lowest BCUT2D eigenvalue weighted by Gasteiger charge is -2.17. The van der Waals surface area contributed by atoms with Gasteiger partial charge in [-0.3, -0.25) is 9.69 Å². The van der Waals surface area contributed by atoms with Crippen LogP contribution in [-0.2, 0) is 6.54 Å². The van der Waals surface area contributed by atoms with E-state index >= 15 is 0 Å². The van der Waals surface area contributed by atoms with Crippen molar-refractivity contribution < 1.29 is 14.6 Å². The van der Waals surface area contributed by atoms with Crippen LogP contribution < -0.4 is 4.74 Å². The van der Waals surface area contributed by atoms with E-state index in [1.807, 2.05) is 43.3 Å². The quantitative estimate of drug-likeness (QED) is 0.650. The highest BCUT2D eigenvalue weighted by Crippen LogP contribution is 2.40. The monoisotopic (exact) mass is 359 g/mol. The molecule has 6 nitrogen and oxygen atoms in total. The predicted molar refractivity (Wildman–Crippen MR) is 98.7 cm³/mol. The Morgan fingerprint density at radius 3 is 2.52 bits per heavy atom. The van der Waals surface area contributed by atoms with Gasteiger partial charge in [-0.25, -0.2) is 0 Å². The molecule has 1 aliphatic heterocycles. The molecule has 0 aliphatic carbocycles. The molecule has 1 aliphatic rings. The molecule has 0 spiro atoms. The van der Waals surface area contributed by atoms with E-state index in [4.69, 9.17) is 15.3 Å². The molecule has 134 valence electrons. The van der Waals surface area contributed by atoms with Crippen LogP contribution in [0, 0.1) is 29.6 Å². The number of carbonyl (C=O) groups is 1. The summed E-state index contributed by atoms with van der Waals surface area (Å²) in [4.78, 5) is 14.3. The summed E-state index contributed by atoms with van der Waals surface area (Å²) in [5.74, 6) is 0.153. The number of ketones is 1. The first-order valence-corrected chi connectivity index (χ1v) is 8.36. The Labute approximate surface area is 157 Å². The van der Waals surface area contributed by atoms with Crippen LogP contribution in [0.2, 0.25) is 0 Å². The number of hydrogen-bond acceptors (Lipinski definition) is 6. The van der Waals surface area contributed by atoms with Gasteiger partial charge in [0, 0.05) is 6.54 Å². The molecule has 0 saturated carbocycles. The van der Waals surface area contributed by atoms with Crippen LogP contribution in [0.15, 0.2) is 42.2 Å². The van der Waals surface area contributed by atoms with Gasteiger partial charge in [-0.1, -0.05) is 24.3 Å². The van der Waals surface area contributed by atoms with Crippen LogP contribution in [0.4, 0.5) is 0 Å². The number of ether oxygens (including phenoxy) is 1. The number of aromatic hydroxyl groups is 1. The highest BCUT2D eigenvalue weighted by Gasteiger charge is 2.31. The molecular weight excluding hydrogens is 342 g/mol. The smallest absolute Gasteiger partial charge is 0.231 e. The first-order chi connectivity index (χ1) is 13.0. The third kappa shape index (κ3) is 3.67. The fraction of sp³-hybridized carbons (Fsp3) is 0.190. The number of aryl methyl sites for hydroxylation is 1. The molecule has 0 aromatic heterocycles. The summed E-state index contributed by atoms with van der Waals surface area (Å²) in [5, 5.41) is 28.1. The molecule has 2 aromatic carbocycles. The number of nitrogens with zero attached hydrogens (tertiary/aromatic N) is 3. The van der Waals surface area contributed by atoms with Crippen molar-refractivity contribution in [3.63, 3.8) is 0 Å². The third-order valence-corrected chi connectivity index (χ3v) is 4.36. The second kappa shape index (κ2) is 7.74. The second-order valence-corrected chi connectivity index (χ2v) is 6.20. The van der Waals surface area contributed by atoms with Gasteiger partial charge in [-0.05, 0) is 36.3 Å². The van der Waals surface area contributed by atoms with Crippen LogP contribution in [0.3, 0.4) is 0 Å². The molecule has 1 heterocycles. The van der Waals surface area contributed by atoms with Crippen molar-refractivity contribution in [1.29, 1.82) is 10.5 Å². The van der Waals surface area contributed by atoms with Crippen LogP contribution in [0.5, 0.6) is 11.5 Å². The number of Topliss-reactive ketones (excluding diaryl/α,β-unsaturated/α-hetero) is 1. The van der Waals surface area contributed by atoms with E-state index in [0.717, 1.165) is 11.1 Å². The Morgan fingerprint density at radius 2 is 1.85 bits per heavy atom. The molecule has 1 N–H and O–H groups in total. The zero-order valence-electron chi connectivity index (χ0n) is 14.8. The fourth-order valence-electron chi connectivity index (χ4n) is 2.93. The summed E-state index contributed by atoms with van der Waals surface area (Å²) in [6, 6.07) is 14.6. The van der Waals surface area contributed by atoms with Gasteiger partial charge in [0.25, 0.3) is 0 Å². The predicted octanol–water partition coefficient (Wildman–Crippen LogP) is 3.17. The molecule has 3 rings (SSSR count). The molecule has 0 bridgehead atoms. The molecule has 0 unspecified atom stereocenters. The maximum atomic E-state index is 12.7. The van der Waals surface area contributed by atoms with Crippen LogP contribution in [-0.4, -0.2) is 28.9 Å². The topological polar surface area (TPSA) is 97.3 Å². The zero-order chi connectivity index (χ0) is 19.4. The number of benzene rings is 2.